The first-order valence-corrected chi connectivity index (χ1v) is 7.61. The fourth-order valence-corrected chi connectivity index (χ4v) is 3.51. The molecule has 1 aromatic rings. The smallest absolute Gasteiger partial charge is 0.123 e. The van der Waals surface area contributed by atoms with Crippen LogP contribution in [0.15, 0.2) is 18.2 Å². The van der Waals surface area contributed by atoms with E-state index in [2.05, 4.69) is 32.0 Å². The van der Waals surface area contributed by atoms with Crippen molar-refractivity contribution < 1.29 is 4.74 Å². The molecule has 1 atom stereocenters. The molecular formula is C17H25NO. The topological polar surface area (TPSA) is 35.2 Å². The summed E-state index contributed by atoms with van der Waals surface area (Å²) in [6.45, 7) is 5.27. The standard InChI is InChI=1S/C17H25NO/c1-17(2)11-19-15-9-8-13(10-14(15)17)16(18)12-6-4-3-5-7-12/h8-10,12,16H,3-7,11,18H2,1-2H3. The molecule has 1 aromatic carbocycles. The molecule has 0 amide bonds. The fourth-order valence-electron chi connectivity index (χ4n) is 3.51. The van der Waals surface area contributed by atoms with Gasteiger partial charge in [-0.3, -0.25) is 0 Å². The van der Waals surface area contributed by atoms with E-state index < -0.39 is 0 Å². The first-order valence-electron chi connectivity index (χ1n) is 7.61. The van der Waals surface area contributed by atoms with E-state index in [9.17, 15) is 0 Å². The van der Waals surface area contributed by atoms with Crippen molar-refractivity contribution in [3.63, 3.8) is 0 Å². The second-order valence-electron chi connectivity index (χ2n) is 6.85. The summed E-state index contributed by atoms with van der Waals surface area (Å²) < 4.78 is 5.75. The van der Waals surface area contributed by atoms with Crippen LogP contribution in [0.25, 0.3) is 0 Å². The summed E-state index contributed by atoms with van der Waals surface area (Å²) >= 11 is 0. The van der Waals surface area contributed by atoms with Gasteiger partial charge in [0.05, 0.1) is 6.61 Å². The largest absolute Gasteiger partial charge is 0.492 e. The number of hydrogen-bond donors (Lipinski definition) is 1. The fraction of sp³-hybridized carbons (Fsp3) is 0.647. The molecule has 2 heteroatoms. The van der Waals surface area contributed by atoms with Crippen LogP contribution in [0, 0.1) is 5.92 Å². The van der Waals surface area contributed by atoms with E-state index in [1.54, 1.807) is 0 Å². The Balaban J connectivity index is 1.85. The average Bonchev–Trinajstić information content (AvgIpc) is 2.74. The molecule has 0 radical (unpaired) electrons. The summed E-state index contributed by atoms with van der Waals surface area (Å²) in [4.78, 5) is 0. The van der Waals surface area contributed by atoms with Crippen LogP contribution in [0.2, 0.25) is 0 Å². The second kappa shape index (κ2) is 4.82. The molecule has 1 aliphatic carbocycles. The molecule has 3 rings (SSSR count). The molecule has 0 saturated heterocycles. The molecule has 19 heavy (non-hydrogen) atoms. The van der Waals surface area contributed by atoms with E-state index in [4.69, 9.17) is 10.5 Å². The second-order valence-corrected chi connectivity index (χ2v) is 6.85. The molecule has 1 aliphatic heterocycles. The number of nitrogens with two attached hydrogens (primary N) is 1. The summed E-state index contributed by atoms with van der Waals surface area (Å²) in [5.41, 5.74) is 9.26. The Morgan fingerprint density at radius 1 is 1.21 bits per heavy atom. The predicted molar refractivity (Wildman–Crippen MR) is 78.5 cm³/mol. The van der Waals surface area contributed by atoms with Gasteiger partial charge in [-0.05, 0) is 36.5 Å². The van der Waals surface area contributed by atoms with Crippen molar-refractivity contribution in [2.75, 3.05) is 6.61 Å². The van der Waals surface area contributed by atoms with Crippen molar-refractivity contribution in [1.82, 2.24) is 0 Å². The third-order valence-electron chi connectivity index (χ3n) is 4.86. The van der Waals surface area contributed by atoms with Crippen molar-refractivity contribution in [2.45, 2.75) is 57.4 Å². The highest BCUT2D eigenvalue weighted by molar-refractivity contribution is 5.45. The molecule has 2 N–H and O–H groups in total. The summed E-state index contributed by atoms with van der Waals surface area (Å²) in [7, 11) is 0. The van der Waals surface area contributed by atoms with Crippen molar-refractivity contribution in [3.05, 3.63) is 29.3 Å². The van der Waals surface area contributed by atoms with Gasteiger partial charge < -0.3 is 10.5 Å². The summed E-state index contributed by atoms with van der Waals surface area (Å²) in [5, 5.41) is 0. The van der Waals surface area contributed by atoms with Crippen molar-refractivity contribution in [2.24, 2.45) is 11.7 Å². The normalized spacial score (nSPS) is 23.7. The Morgan fingerprint density at radius 2 is 1.95 bits per heavy atom. The molecule has 2 nitrogen and oxygen atoms in total. The van der Waals surface area contributed by atoms with Gasteiger partial charge in [-0.2, -0.15) is 0 Å². The predicted octanol–water partition coefficient (Wildman–Crippen LogP) is 3.94. The molecule has 1 heterocycles. The number of ether oxygens (including phenoxy) is 1. The maximum atomic E-state index is 6.51. The number of hydrogen-bond acceptors (Lipinski definition) is 2. The lowest BCUT2D eigenvalue weighted by Crippen LogP contribution is -2.24. The Kier molecular flexibility index (Phi) is 3.30. The van der Waals surface area contributed by atoms with Crippen LogP contribution in [-0.2, 0) is 5.41 Å². The first kappa shape index (κ1) is 13.0. The Bertz CT molecular complexity index is 460. The zero-order valence-electron chi connectivity index (χ0n) is 12.1. The maximum Gasteiger partial charge on any atom is 0.123 e. The van der Waals surface area contributed by atoms with E-state index in [-0.39, 0.29) is 11.5 Å². The van der Waals surface area contributed by atoms with Gasteiger partial charge in [-0.25, -0.2) is 0 Å². The van der Waals surface area contributed by atoms with Crippen molar-refractivity contribution in [1.29, 1.82) is 0 Å². The van der Waals surface area contributed by atoms with E-state index >= 15 is 0 Å². The van der Waals surface area contributed by atoms with Gasteiger partial charge in [0.15, 0.2) is 0 Å². The number of rotatable bonds is 2. The van der Waals surface area contributed by atoms with Crippen LogP contribution in [0.4, 0.5) is 0 Å². The molecule has 1 saturated carbocycles. The lowest BCUT2D eigenvalue weighted by Gasteiger charge is -2.28. The van der Waals surface area contributed by atoms with Crippen LogP contribution < -0.4 is 10.5 Å². The van der Waals surface area contributed by atoms with Gasteiger partial charge in [-0.15, -0.1) is 0 Å². The highest BCUT2D eigenvalue weighted by Crippen LogP contribution is 2.41. The Labute approximate surface area is 116 Å². The van der Waals surface area contributed by atoms with E-state index in [1.807, 2.05) is 0 Å². The molecule has 104 valence electrons. The molecule has 0 bridgehead atoms. The quantitative estimate of drug-likeness (QED) is 0.873. The van der Waals surface area contributed by atoms with E-state index in [1.165, 1.54) is 43.2 Å². The third-order valence-corrected chi connectivity index (χ3v) is 4.86. The third kappa shape index (κ3) is 2.38. The van der Waals surface area contributed by atoms with Gasteiger partial charge >= 0.3 is 0 Å². The first-order chi connectivity index (χ1) is 9.08. The zero-order valence-corrected chi connectivity index (χ0v) is 12.1. The minimum atomic E-state index is 0.123. The molecule has 1 fully saturated rings. The van der Waals surface area contributed by atoms with Gasteiger partial charge in [0.1, 0.15) is 5.75 Å². The number of benzene rings is 1. The highest BCUT2D eigenvalue weighted by Gasteiger charge is 2.33. The van der Waals surface area contributed by atoms with E-state index in [0.29, 0.717) is 5.92 Å². The van der Waals surface area contributed by atoms with Gasteiger partial charge in [0, 0.05) is 17.0 Å². The van der Waals surface area contributed by atoms with Crippen molar-refractivity contribution >= 4 is 0 Å². The van der Waals surface area contributed by atoms with Gasteiger partial charge in [0.25, 0.3) is 0 Å². The lowest BCUT2D eigenvalue weighted by molar-refractivity contribution is 0.291. The maximum absolute atomic E-state index is 6.51. The monoisotopic (exact) mass is 259 g/mol. The highest BCUT2D eigenvalue weighted by atomic mass is 16.5. The van der Waals surface area contributed by atoms with Crippen molar-refractivity contribution in [3.8, 4) is 5.75 Å². The molecular weight excluding hydrogens is 234 g/mol. The molecule has 0 aromatic heterocycles. The molecule has 2 aliphatic rings. The van der Waals surface area contributed by atoms with Crippen LogP contribution in [0.3, 0.4) is 0 Å². The van der Waals surface area contributed by atoms with Crippen LogP contribution in [-0.4, -0.2) is 6.61 Å². The molecule has 0 spiro atoms. The summed E-state index contributed by atoms with van der Waals surface area (Å²) in [6, 6.07) is 6.77. The molecule has 1 unspecified atom stereocenters. The minimum absolute atomic E-state index is 0.123. The average molecular weight is 259 g/mol. The van der Waals surface area contributed by atoms with Gasteiger partial charge in [0.2, 0.25) is 0 Å². The Hall–Kier alpha value is -1.02. The van der Waals surface area contributed by atoms with E-state index in [0.717, 1.165) is 12.4 Å². The zero-order chi connectivity index (χ0) is 13.5. The van der Waals surface area contributed by atoms with Crippen LogP contribution >= 0.6 is 0 Å². The van der Waals surface area contributed by atoms with Crippen LogP contribution in [0.1, 0.15) is 63.1 Å². The summed E-state index contributed by atoms with van der Waals surface area (Å²) in [6.07, 6.45) is 6.65. The summed E-state index contributed by atoms with van der Waals surface area (Å²) in [5.74, 6) is 1.71. The minimum Gasteiger partial charge on any atom is -0.492 e. The van der Waals surface area contributed by atoms with Crippen LogP contribution in [0.5, 0.6) is 5.75 Å². The SMILES string of the molecule is CC1(C)COc2ccc(C(N)C3CCCCC3)cc21. The van der Waals surface area contributed by atoms with Gasteiger partial charge in [-0.1, -0.05) is 39.2 Å². The number of fused-ring (bicyclic) bond motifs is 1. The Morgan fingerprint density at radius 3 is 2.68 bits per heavy atom. The lowest BCUT2D eigenvalue weighted by atomic mass is 9.79.